The van der Waals surface area contributed by atoms with Crippen molar-refractivity contribution in [2.24, 2.45) is 5.92 Å². The lowest BCUT2D eigenvalue weighted by atomic mass is 10.0. The molecule has 3 rings (SSSR count). The van der Waals surface area contributed by atoms with Gasteiger partial charge in [-0.25, -0.2) is 0 Å². The molecule has 6 nitrogen and oxygen atoms in total. The van der Waals surface area contributed by atoms with E-state index in [-0.39, 0.29) is 5.91 Å². The molecule has 1 heterocycles. The highest BCUT2D eigenvalue weighted by Crippen LogP contribution is 2.27. The summed E-state index contributed by atoms with van der Waals surface area (Å²) in [6.07, 6.45) is 5.64. The highest BCUT2D eigenvalue weighted by atomic mass is 16.5. The van der Waals surface area contributed by atoms with Crippen LogP contribution in [0.2, 0.25) is 0 Å². The van der Waals surface area contributed by atoms with Crippen LogP contribution in [0, 0.1) is 12.8 Å². The van der Waals surface area contributed by atoms with Gasteiger partial charge in [-0.15, -0.1) is 0 Å². The van der Waals surface area contributed by atoms with Crippen LogP contribution in [0.3, 0.4) is 0 Å². The Balaban J connectivity index is 1.36. The van der Waals surface area contributed by atoms with E-state index in [4.69, 9.17) is 9.26 Å². The van der Waals surface area contributed by atoms with Crippen LogP contribution in [-0.4, -0.2) is 48.1 Å². The third-order valence-electron chi connectivity index (χ3n) is 5.54. The molecule has 29 heavy (non-hydrogen) atoms. The van der Waals surface area contributed by atoms with Gasteiger partial charge in [0.05, 0.1) is 18.8 Å². The van der Waals surface area contributed by atoms with Crippen molar-refractivity contribution in [2.45, 2.75) is 52.1 Å². The summed E-state index contributed by atoms with van der Waals surface area (Å²) in [6, 6.07) is 10.1. The maximum atomic E-state index is 12.3. The van der Waals surface area contributed by atoms with E-state index in [1.807, 2.05) is 32.2 Å². The van der Waals surface area contributed by atoms with Gasteiger partial charge in [-0.05, 0) is 50.4 Å². The molecule has 0 aliphatic heterocycles. The molecule has 1 aliphatic rings. The number of carbonyl (C=O) groups excluding carboxylic acids is 1. The first-order chi connectivity index (χ1) is 14.0. The van der Waals surface area contributed by atoms with E-state index in [0.717, 1.165) is 30.3 Å². The van der Waals surface area contributed by atoms with E-state index < -0.39 is 0 Å². The number of hydrogen-bond donors (Lipinski definition) is 0. The maximum absolute atomic E-state index is 12.3. The molecule has 0 spiro atoms. The first kappa shape index (κ1) is 21.4. The standard InChI is InChI=1S/C23H33N3O3/c1-18-14-22(29-24-18)17-25(2)16-20-8-10-21(11-9-20)28-13-12-26(3)23(27)15-19-6-4-5-7-19/h8-11,14,19H,4-7,12-13,15-17H2,1-3H3. The van der Waals surface area contributed by atoms with Crippen LogP contribution in [0.25, 0.3) is 0 Å². The first-order valence-electron chi connectivity index (χ1n) is 10.6. The summed E-state index contributed by atoms with van der Waals surface area (Å²) in [6.45, 7) is 4.59. The molecule has 0 bridgehead atoms. The molecular weight excluding hydrogens is 366 g/mol. The van der Waals surface area contributed by atoms with Crippen LogP contribution in [0.15, 0.2) is 34.9 Å². The monoisotopic (exact) mass is 399 g/mol. The van der Waals surface area contributed by atoms with Crippen LogP contribution < -0.4 is 4.74 Å². The summed E-state index contributed by atoms with van der Waals surface area (Å²) in [5.41, 5.74) is 2.11. The number of ether oxygens (including phenoxy) is 1. The third kappa shape index (κ3) is 6.89. The number of hydrogen-bond acceptors (Lipinski definition) is 5. The average molecular weight is 400 g/mol. The lowest BCUT2D eigenvalue weighted by Crippen LogP contribution is -2.31. The molecule has 0 unspecified atom stereocenters. The van der Waals surface area contributed by atoms with Gasteiger partial charge < -0.3 is 14.2 Å². The van der Waals surface area contributed by atoms with E-state index in [9.17, 15) is 4.79 Å². The number of nitrogens with zero attached hydrogens (tertiary/aromatic N) is 3. The Morgan fingerprint density at radius 3 is 2.55 bits per heavy atom. The Bertz CT molecular complexity index is 766. The van der Waals surface area contributed by atoms with Crippen LogP contribution in [0.4, 0.5) is 0 Å². The lowest BCUT2D eigenvalue weighted by molar-refractivity contribution is -0.131. The average Bonchev–Trinajstić information content (AvgIpc) is 3.34. The third-order valence-corrected chi connectivity index (χ3v) is 5.54. The summed E-state index contributed by atoms with van der Waals surface area (Å²) >= 11 is 0. The van der Waals surface area contributed by atoms with Crippen molar-refractivity contribution in [3.63, 3.8) is 0 Å². The van der Waals surface area contributed by atoms with Crippen LogP contribution >= 0.6 is 0 Å². The second kappa shape index (κ2) is 10.4. The largest absolute Gasteiger partial charge is 0.492 e. The predicted octanol–water partition coefficient (Wildman–Crippen LogP) is 4.03. The van der Waals surface area contributed by atoms with Gasteiger partial charge in [-0.2, -0.15) is 0 Å². The molecule has 1 saturated carbocycles. The quantitative estimate of drug-likeness (QED) is 0.604. The van der Waals surface area contributed by atoms with Crippen LogP contribution in [0.5, 0.6) is 5.75 Å². The van der Waals surface area contributed by atoms with Gasteiger partial charge >= 0.3 is 0 Å². The van der Waals surface area contributed by atoms with Crippen LogP contribution in [0.1, 0.15) is 49.1 Å². The van der Waals surface area contributed by atoms with E-state index in [1.165, 1.54) is 31.2 Å². The van der Waals surface area contributed by atoms with Crippen molar-refractivity contribution in [1.29, 1.82) is 0 Å². The molecule has 1 aromatic carbocycles. The first-order valence-corrected chi connectivity index (χ1v) is 10.6. The Morgan fingerprint density at radius 1 is 1.17 bits per heavy atom. The molecule has 0 saturated heterocycles. The highest BCUT2D eigenvalue weighted by molar-refractivity contribution is 5.76. The van der Waals surface area contributed by atoms with Gasteiger partial charge in [0.1, 0.15) is 12.4 Å². The minimum absolute atomic E-state index is 0.237. The Labute approximate surface area is 173 Å². The normalized spacial score (nSPS) is 14.5. The fourth-order valence-corrected chi connectivity index (χ4v) is 3.86. The molecule has 1 fully saturated rings. The number of aromatic nitrogens is 1. The Hall–Kier alpha value is -2.34. The van der Waals surface area contributed by atoms with Crippen LogP contribution in [-0.2, 0) is 17.9 Å². The number of benzene rings is 1. The zero-order valence-electron chi connectivity index (χ0n) is 17.9. The van der Waals surface area contributed by atoms with Gasteiger partial charge in [-0.1, -0.05) is 30.1 Å². The number of aryl methyl sites for hydroxylation is 1. The van der Waals surface area contributed by atoms with Gasteiger partial charge in [0.2, 0.25) is 5.91 Å². The van der Waals surface area contributed by atoms with Crippen molar-refractivity contribution < 1.29 is 14.1 Å². The number of carbonyl (C=O) groups is 1. The minimum atomic E-state index is 0.237. The minimum Gasteiger partial charge on any atom is -0.492 e. The fraction of sp³-hybridized carbons (Fsp3) is 0.565. The Morgan fingerprint density at radius 2 is 1.90 bits per heavy atom. The zero-order valence-corrected chi connectivity index (χ0v) is 17.9. The summed E-state index contributed by atoms with van der Waals surface area (Å²) in [4.78, 5) is 16.3. The maximum Gasteiger partial charge on any atom is 0.222 e. The molecule has 2 aromatic rings. The predicted molar refractivity (Wildman–Crippen MR) is 113 cm³/mol. The molecule has 0 radical (unpaired) electrons. The second-order valence-electron chi connectivity index (χ2n) is 8.27. The number of amides is 1. The smallest absolute Gasteiger partial charge is 0.222 e. The molecule has 0 N–H and O–H groups in total. The summed E-state index contributed by atoms with van der Waals surface area (Å²) < 4.78 is 11.1. The van der Waals surface area contributed by atoms with Gasteiger partial charge in [-0.3, -0.25) is 9.69 Å². The SMILES string of the molecule is Cc1cc(CN(C)Cc2ccc(OCCN(C)C(=O)CC3CCCC3)cc2)on1. The van der Waals surface area contributed by atoms with Gasteiger partial charge in [0.25, 0.3) is 0 Å². The number of rotatable bonds is 10. The number of likely N-dealkylation sites (N-methyl/N-ethyl adjacent to an activating group) is 1. The Kier molecular flexibility index (Phi) is 7.69. The molecular formula is C23H33N3O3. The molecule has 158 valence electrons. The lowest BCUT2D eigenvalue weighted by Gasteiger charge is -2.19. The van der Waals surface area contributed by atoms with Crippen molar-refractivity contribution >= 4 is 5.91 Å². The van der Waals surface area contributed by atoms with Crippen molar-refractivity contribution in [2.75, 3.05) is 27.2 Å². The molecule has 1 amide bonds. The van der Waals surface area contributed by atoms with E-state index in [0.29, 0.717) is 25.5 Å². The topological polar surface area (TPSA) is 58.8 Å². The van der Waals surface area contributed by atoms with Crippen molar-refractivity contribution in [3.05, 3.63) is 47.3 Å². The second-order valence-corrected chi connectivity index (χ2v) is 8.27. The van der Waals surface area contributed by atoms with E-state index in [1.54, 1.807) is 4.90 Å². The zero-order chi connectivity index (χ0) is 20.6. The van der Waals surface area contributed by atoms with E-state index >= 15 is 0 Å². The van der Waals surface area contributed by atoms with Crippen molar-refractivity contribution in [1.82, 2.24) is 15.0 Å². The fourth-order valence-electron chi connectivity index (χ4n) is 3.86. The molecule has 1 aliphatic carbocycles. The highest BCUT2D eigenvalue weighted by Gasteiger charge is 2.20. The molecule has 6 heteroatoms. The molecule has 1 aromatic heterocycles. The van der Waals surface area contributed by atoms with Crippen molar-refractivity contribution in [3.8, 4) is 5.75 Å². The summed E-state index contributed by atoms with van der Waals surface area (Å²) in [5.74, 6) is 2.53. The summed E-state index contributed by atoms with van der Waals surface area (Å²) in [7, 11) is 3.93. The van der Waals surface area contributed by atoms with Gasteiger partial charge in [0, 0.05) is 26.1 Å². The molecule has 0 atom stereocenters. The summed E-state index contributed by atoms with van der Waals surface area (Å²) in [5, 5.41) is 3.92. The van der Waals surface area contributed by atoms with E-state index in [2.05, 4.69) is 29.2 Å². The van der Waals surface area contributed by atoms with Gasteiger partial charge in [0.15, 0.2) is 5.76 Å².